The number of rotatable bonds is 6. The number of H-pyrrole nitrogens is 1. The number of carbonyl (C=O) groups is 1. The summed E-state index contributed by atoms with van der Waals surface area (Å²) in [4.78, 5) is 20.8. The lowest BCUT2D eigenvalue weighted by atomic mass is 10.1. The first-order valence-corrected chi connectivity index (χ1v) is 14.2. The lowest BCUT2D eigenvalue weighted by molar-refractivity contribution is 0.0700. The second-order valence-electron chi connectivity index (χ2n) is 11.8. The summed E-state index contributed by atoms with van der Waals surface area (Å²) < 4.78 is 10.4. The van der Waals surface area contributed by atoms with Gasteiger partial charge in [0.2, 0.25) is 0 Å². The van der Waals surface area contributed by atoms with Crippen LogP contribution in [0, 0.1) is 11.8 Å². The lowest BCUT2D eigenvalue weighted by Gasteiger charge is -2.27. The Morgan fingerprint density at radius 1 is 1.12 bits per heavy atom. The minimum absolute atomic E-state index is 0.0178. The SMILES string of the molecule is COc1cc(C(=O)N2CC3CCC2[C@@H]3N)cc2nc(-c3cc4ccc(-c5ccn[nH]5)cc4n3CC3CC3)n(C)c12. The van der Waals surface area contributed by atoms with E-state index in [4.69, 9.17) is 15.5 Å². The van der Waals surface area contributed by atoms with Crippen LogP contribution >= 0.6 is 0 Å². The van der Waals surface area contributed by atoms with Crippen molar-refractivity contribution in [3.05, 3.63) is 54.2 Å². The van der Waals surface area contributed by atoms with Gasteiger partial charge in [0.25, 0.3) is 5.91 Å². The highest BCUT2D eigenvalue weighted by Gasteiger charge is 2.47. The van der Waals surface area contributed by atoms with Crippen LogP contribution in [0.2, 0.25) is 0 Å². The van der Waals surface area contributed by atoms with Gasteiger partial charge in [-0.1, -0.05) is 12.1 Å². The van der Waals surface area contributed by atoms with Crippen LogP contribution in [0.1, 0.15) is 36.0 Å². The Kier molecular flexibility index (Phi) is 5.16. The minimum atomic E-state index is 0.0178. The number of aryl methyl sites for hydroxylation is 1. The van der Waals surface area contributed by atoms with Crippen LogP contribution in [0.15, 0.2) is 48.7 Å². The molecule has 40 heavy (non-hydrogen) atoms. The van der Waals surface area contributed by atoms with E-state index < -0.39 is 0 Å². The average molecular weight is 536 g/mol. The van der Waals surface area contributed by atoms with Crippen molar-refractivity contribution < 1.29 is 9.53 Å². The van der Waals surface area contributed by atoms with Crippen LogP contribution < -0.4 is 10.5 Å². The van der Waals surface area contributed by atoms with Gasteiger partial charge in [0, 0.05) is 60.4 Å². The second-order valence-corrected chi connectivity index (χ2v) is 11.8. The van der Waals surface area contributed by atoms with Crippen LogP contribution in [-0.4, -0.2) is 60.9 Å². The number of aromatic amines is 1. The number of hydrogen-bond donors (Lipinski definition) is 2. The number of nitrogens with two attached hydrogens (primary N) is 1. The third-order valence-corrected chi connectivity index (χ3v) is 9.40. The molecule has 0 radical (unpaired) electrons. The molecule has 2 bridgehead atoms. The lowest BCUT2D eigenvalue weighted by Crippen LogP contribution is -2.41. The van der Waals surface area contributed by atoms with Crippen molar-refractivity contribution in [2.24, 2.45) is 24.6 Å². The van der Waals surface area contributed by atoms with Gasteiger partial charge in [-0.3, -0.25) is 9.89 Å². The number of amides is 1. The van der Waals surface area contributed by atoms with Crippen LogP contribution in [0.4, 0.5) is 0 Å². The van der Waals surface area contributed by atoms with Gasteiger partial charge < -0.3 is 24.5 Å². The predicted molar refractivity (Wildman–Crippen MR) is 154 cm³/mol. The molecule has 1 amide bonds. The van der Waals surface area contributed by atoms with Gasteiger partial charge in [0.05, 0.1) is 24.0 Å². The van der Waals surface area contributed by atoms with E-state index in [2.05, 4.69) is 43.6 Å². The number of ether oxygens (including phenoxy) is 1. The Hall–Kier alpha value is -4.11. The molecule has 1 aliphatic heterocycles. The Bertz CT molecular complexity index is 1780. The van der Waals surface area contributed by atoms with Gasteiger partial charge in [-0.15, -0.1) is 0 Å². The molecule has 3 fully saturated rings. The van der Waals surface area contributed by atoms with Gasteiger partial charge in [-0.2, -0.15) is 5.10 Å². The highest BCUT2D eigenvalue weighted by atomic mass is 16.5. The number of nitrogens with one attached hydrogen (secondary N) is 1. The molecule has 3 N–H and O–H groups in total. The van der Waals surface area contributed by atoms with E-state index in [1.165, 1.54) is 23.7 Å². The normalized spacial score (nSPS) is 22.2. The number of carbonyl (C=O) groups excluding carboxylic acids is 1. The van der Waals surface area contributed by atoms with Crippen LogP contribution in [0.3, 0.4) is 0 Å². The molecule has 2 unspecified atom stereocenters. The fourth-order valence-electron chi connectivity index (χ4n) is 7.05. The zero-order valence-electron chi connectivity index (χ0n) is 22.8. The summed E-state index contributed by atoms with van der Waals surface area (Å²) in [6.45, 7) is 1.69. The summed E-state index contributed by atoms with van der Waals surface area (Å²) >= 11 is 0. The molecule has 2 aliphatic carbocycles. The van der Waals surface area contributed by atoms with E-state index in [0.717, 1.165) is 59.7 Å². The molecular weight excluding hydrogens is 502 g/mol. The Morgan fingerprint density at radius 3 is 2.70 bits per heavy atom. The van der Waals surface area contributed by atoms with E-state index in [1.54, 1.807) is 13.3 Å². The molecule has 2 saturated carbocycles. The minimum Gasteiger partial charge on any atom is -0.494 e. The third kappa shape index (κ3) is 3.53. The summed E-state index contributed by atoms with van der Waals surface area (Å²) in [6, 6.07) is 14.8. The topological polar surface area (TPSA) is 107 Å². The number of aromatic nitrogens is 5. The van der Waals surface area contributed by atoms with E-state index in [0.29, 0.717) is 23.1 Å². The molecule has 9 heteroatoms. The monoisotopic (exact) mass is 535 g/mol. The molecule has 4 heterocycles. The van der Waals surface area contributed by atoms with Gasteiger partial charge in [0.15, 0.2) is 5.82 Å². The van der Waals surface area contributed by atoms with Crippen molar-refractivity contribution in [2.75, 3.05) is 13.7 Å². The summed E-state index contributed by atoms with van der Waals surface area (Å²) in [5.41, 5.74) is 13.0. The number of fused-ring (bicyclic) bond motifs is 4. The zero-order chi connectivity index (χ0) is 27.1. The average Bonchev–Trinajstić information content (AvgIpc) is 3.34. The smallest absolute Gasteiger partial charge is 0.254 e. The number of methoxy groups -OCH3 is 1. The maximum Gasteiger partial charge on any atom is 0.254 e. The summed E-state index contributed by atoms with van der Waals surface area (Å²) in [6.07, 6.45) is 6.38. The molecule has 9 nitrogen and oxygen atoms in total. The highest BCUT2D eigenvalue weighted by Crippen LogP contribution is 2.40. The van der Waals surface area contributed by atoms with E-state index in [1.807, 2.05) is 30.1 Å². The first-order chi connectivity index (χ1) is 19.5. The van der Waals surface area contributed by atoms with Crippen molar-refractivity contribution in [1.29, 1.82) is 0 Å². The number of nitrogens with zero attached hydrogens (tertiary/aromatic N) is 5. The van der Waals surface area contributed by atoms with Crippen LogP contribution in [-0.2, 0) is 13.6 Å². The van der Waals surface area contributed by atoms with E-state index in [9.17, 15) is 4.79 Å². The maximum atomic E-state index is 13.7. The summed E-state index contributed by atoms with van der Waals surface area (Å²) in [7, 11) is 3.69. The highest BCUT2D eigenvalue weighted by molar-refractivity contribution is 6.00. The molecule has 204 valence electrons. The van der Waals surface area contributed by atoms with Gasteiger partial charge in [-0.05, 0) is 67.9 Å². The van der Waals surface area contributed by atoms with Crippen molar-refractivity contribution >= 4 is 27.8 Å². The fourth-order valence-corrected chi connectivity index (χ4v) is 7.05. The first-order valence-electron chi connectivity index (χ1n) is 14.2. The van der Waals surface area contributed by atoms with Crippen molar-refractivity contribution in [3.63, 3.8) is 0 Å². The molecule has 2 aromatic carbocycles. The molecule has 3 atom stereocenters. The molecule has 0 spiro atoms. The maximum absolute atomic E-state index is 13.7. The zero-order valence-corrected chi connectivity index (χ0v) is 22.8. The molecule has 5 aromatic rings. The first kappa shape index (κ1) is 23.7. The molecule has 8 rings (SSSR count). The quantitative estimate of drug-likeness (QED) is 0.331. The number of piperidine rings is 1. The number of hydrogen-bond acceptors (Lipinski definition) is 5. The molecule has 1 saturated heterocycles. The molecule has 3 aromatic heterocycles. The second kappa shape index (κ2) is 8.69. The van der Waals surface area contributed by atoms with Gasteiger partial charge in [-0.25, -0.2) is 4.98 Å². The largest absolute Gasteiger partial charge is 0.494 e. The Morgan fingerprint density at radius 2 is 2.00 bits per heavy atom. The standard InChI is InChI=1S/C31H33N7O2/c1-36-29-23(11-21(14-27(29)40-2)31(39)38-16-20-7-8-24(38)28(20)32)34-30(36)26-13-19-6-5-18(22-9-10-33-35-22)12-25(19)37(26)15-17-3-4-17/h5-6,9-14,17,20,24,28H,3-4,7-8,15-16,32H2,1-2H3,(H,33,35)/t20?,24?,28-/m1/s1. The third-order valence-electron chi connectivity index (χ3n) is 9.40. The van der Waals surface area contributed by atoms with Crippen molar-refractivity contribution in [3.8, 4) is 28.5 Å². The van der Waals surface area contributed by atoms with Crippen LogP contribution in [0.25, 0.3) is 44.7 Å². The summed E-state index contributed by atoms with van der Waals surface area (Å²) in [5, 5.41) is 8.40. The Labute approximate surface area is 231 Å². The number of likely N-dealkylation sites (tertiary alicyclic amines) is 1. The number of benzene rings is 2. The van der Waals surface area contributed by atoms with Crippen LogP contribution in [0.5, 0.6) is 5.75 Å². The van der Waals surface area contributed by atoms with Crippen molar-refractivity contribution in [1.82, 2.24) is 29.2 Å². The summed E-state index contributed by atoms with van der Waals surface area (Å²) in [5.74, 6) is 2.62. The van der Waals surface area contributed by atoms with Gasteiger partial charge >= 0.3 is 0 Å². The van der Waals surface area contributed by atoms with E-state index >= 15 is 0 Å². The Balaban J connectivity index is 1.25. The molecular formula is C31H33N7O2. The fraction of sp³-hybridized carbons (Fsp3) is 0.387. The number of imidazole rings is 1. The van der Waals surface area contributed by atoms with Gasteiger partial charge in [0.1, 0.15) is 11.3 Å². The predicted octanol–water partition coefficient (Wildman–Crippen LogP) is 4.57. The van der Waals surface area contributed by atoms with Crippen molar-refractivity contribution in [2.45, 2.75) is 44.3 Å². The van der Waals surface area contributed by atoms with E-state index in [-0.39, 0.29) is 18.0 Å². The molecule has 3 aliphatic rings.